The van der Waals surface area contributed by atoms with Crippen molar-refractivity contribution in [3.63, 3.8) is 0 Å². The molecule has 3 fully saturated rings. The predicted octanol–water partition coefficient (Wildman–Crippen LogP) is 2.35. The van der Waals surface area contributed by atoms with Gasteiger partial charge in [-0.05, 0) is 60.9 Å². The Kier molecular flexibility index (Phi) is 4.31. The first-order valence-electron chi connectivity index (χ1n) is 10.0. The summed E-state index contributed by atoms with van der Waals surface area (Å²) in [7, 11) is -2.10. The van der Waals surface area contributed by atoms with Crippen LogP contribution >= 0.6 is 0 Å². The number of hydrogen-bond acceptors (Lipinski definition) is 4. The molecule has 1 amide bonds. The summed E-state index contributed by atoms with van der Waals surface area (Å²) in [6, 6.07) is 15.1. The second-order valence-electron chi connectivity index (χ2n) is 8.44. The lowest BCUT2D eigenvalue weighted by Gasteiger charge is -2.28. The van der Waals surface area contributed by atoms with Gasteiger partial charge in [0.15, 0.2) is 0 Å². The number of benzene rings is 2. The van der Waals surface area contributed by atoms with E-state index in [1.165, 1.54) is 21.3 Å². The number of amides is 1. The van der Waals surface area contributed by atoms with E-state index in [4.69, 9.17) is 0 Å². The van der Waals surface area contributed by atoms with E-state index in [1.54, 1.807) is 19.2 Å². The number of rotatable bonds is 4. The van der Waals surface area contributed by atoms with Crippen molar-refractivity contribution in [2.75, 3.05) is 18.5 Å². The average Bonchev–Trinajstić information content (AvgIpc) is 3.37. The molecule has 0 spiro atoms. The van der Waals surface area contributed by atoms with E-state index in [0.717, 1.165) is 18.5 Å². The molecule has 152 valence electrons. The number of nitrogens with zero attached hydrogens (tertiary/aromatic N) is 2. The number of anilines is 1. The van der Waals surface area contributed by atoms with Crippen molar-refractivity contribution in [2.45, 2.75) is 29.9 Å². The van der Waals surface area contributed by atoms with Crippen LogP contribution in [-0.4, -0.2) is 49.5 Å². The Morgan fingerprint density at radius 3 is 2.55 bits per heavy atom. The summed E-state index contributed by atoms with van der Waals surface area (Å²) in [5.74, 6) is 0.564. The second kappa shape index (κ2) is 6.65. The minimum absolute atomic E-state index is 0.113. The second-order valence-corrected chi connectivity index (χ2v) is 10.3. The molecule has 1 aliphatic heterocycles. The summed E-state index contributed by atoms with van der Waals surface area (Å²) < 4.78 is 28.3. The lowest BCUT2D eigenvalue weighted by molar-refractivity contribution is 0.0731. The van der Waals surface area contributed by atoms with E-state index < -0.39 is 16.1 Å². The van der Waals surface area contributed by atoms with Gasteiger partial charge in [0.1, 0.15) is 0 Å². The minimum atomic E-state index is -3.78. The zero-order chi connectivity index (χ0) is 20.3. The highest BCUT2D eigenvalue weighted by atomic mass is 32.2. The summed E-state index contributed by atoms with van der Waals surface area (Å²) in [5, 5.41) is 10.6. The van der Waals surface area contributed by atoms with Crippen LogP contribution in [0.2, 0.25) is 0 Å². The Morgan fingerprint density at radius 1 is 1.07 bits per heavy atom. The highest BCUT2D eigenvalue weighted by Gasteiger charge is 2.61. The van der Waals surface area contributed by atoms with Crippen LogP contribution in [0.5, 0.6) is 0 Å². The molecular weight excluding hydrogens is 388 g/mol. The molecule has 2 aromatic rings. The molecule has 7 heteroatoms. The molecule has 0 aromatic heterocycles. The smallest absolute Gasteiger partial charge is 0.258 e. The van der Waals surface area contributed by atoms with E-state index in [2.05, 4.69) is 0 Å². The molecule has 0 unspecified atom stereocenters. The molecule has 6 nitrogen and oxygen atoms in total. The number of carbonyl (C=O) groups excluding carboxylic acids is 1. The Bertz CT molecular complexity index is 1050. The van der Waals surface area contributed by atoms with Crippen LogP contribution in [0, 0.1) is 17.8 Å². The zero-order valence-corrected chi connectivity index (χ0v) is 17.0. The average molecular weight is 413 g/mol. The molecule has 1 saturated heterocycles. The fourth-order valence-corrected chi connectivity index (χ4v) is 7.31. The third kappa shape index (κ3) is 2.83. The van der Waals surface area contributed by atoms with E-state index in [1.807, 2.05) is 30.3 Å². The van der Waals surface area contributed by atoms with Crippen molar-refractivity contribution in [1.82, 2.24) is 4.31 Å². The molecule has 2 aliphatic carbocycles. The van der Waals surface area contributed by atoms with Gasteiger partial charge in [-0.1, -0.05) is 24.3 Å². The Morgan fingerprint density at radius 2 is 1.83 bits per heavy atom. The highest BCUT2D eigenvalue weighted by Crippen LogP contribution is 2.56. The molecule has 1 heterocycles. The van der Waals surface area contributed by atoms with Crippen LogP contribution in [0.3, 0.4) is 0 Å². The summed E-state index contributed by atoms with van der Waals surface area (Å²) in [4.78, 5) is 14.5. The lowest BCUT2D eigenvalue weighted by atomic mass is 9.88. The van der Waals surface area contributed by atoms with Crippen LogP contribution in [0.1, 0.15) is 23.2 Å². The number of hydrogen-bond donors (Lipinski definition) is 1. The van der Waals surface area contributed by atoms with Crippen LogP contribution < -0.4 is 4.90 Å². The number of aliphatic hydroxyl groups is 1. The summed E-state index contributed by atoms with van der Waals surface area (Å²) in [5.41, 5.74) is 1.06. The van der Waals surface area contributed by atoms with E-state index in [0.29, 0.717) is 18.0 Å². The molecular formula is C22H24N2O4S. The standard InChI is InChI=1S/C22H24N2O4S/c1-23(17-7-3-2-4-8-17)22(26)14-6-5-9-18(11-14)29(27,28)24-13-16-10-15-12-19(16)20(24)21(15)25/h2-9,11,15-16,19-21,25H,10,12-13H2,1H3/t15-,16-,19+,20+,21+/m0/s1. The molecule has 1 N–H and O–H groups in total. The molecule has 2 bridgehead atoms. The van der Waals surface area contributed by atoms with Crippen molar-refractivity contribution < 1.29 is 18.3 Å². The Balaban J connectivity index is 1.44. The molecule has 5 rings (SSSR count). The number of para-hydroxylation sites is 1. The lowest BCUT2D eigenvalue weighted by Crippen LogP contribution is -2.43. The molecule has 3 aliphatic rings. The summed E-state index contributed by atoms with van der Waals surface area (Å²) >= 11 is 0. The van der Waals surface area contributed by atoms with Gasteiger partial charge in [0.25, 0.3) is 5.91 Å². The van der Waals surface area contributed by atoms with Crippen LogP contribution in [0.25, 0.3) is 0 Å². The fourth-order valence-electron chi connectivity index (χ4n) is 5.52. The van der Waals surface area contributed by atoms with Gasteiger partial charge in [-0.15, -0.1) is 0 Å². The van der Waals surface area contributed by atoms with Crippen molar-refractivity contribution in [3.8, 4) is 0 Å². The predicted molar refractivity (Wildman–Crippen MR) is 109 cm³/mol. The van der Waals surface area contributed by atoms with Crippen LogP contribution in [0.15, 0.2) is 59.5 Å². The zero-order valence-electron chi connectivity index (χ0n) is 16.2. The monoisotopic (exact) mass is 412 g/mol. The van der Waals surface area contributed by atoms with Crippen molar-refractivity contribution >= 4 is 21.6 Å². The third-order valence-electron chi connectivity index (χ3n) is 6.94. The van der Waals surface area contributed by atoms with E-state index in [9.17, 15) is 18.3 Å². The molecule has 5 atom stereocenters. The van der Waals surface area contributed by atoms with Crippen molar-refractivity contribution in [3.05, 3.63) is 60.2 Å². The molecule has 0 radical (unpaired) electrons. The van der Waals surface area contributed by atoms with Gasteiger partial charge in [-0.2, -0.15) is 4.31 Å². The summed E-state index contributed by atoms with van der Waals surface area (Å²) in [6.45, 7) is 0.466. The first-order valence-corrected chi connectivity index (χ1v) is 11.4. The van der Waals surface area contributed by atoms with Gasteiger partial charge in [0, 0.05) is 24.8 Å². The number of sulfonamides is 1. The Hall–Kier alpha value is -2.22. The maximum atomic E-state index is 13.4. The number of carbonyl (C=O) groups is 1. The third-order valence-corrected chi connectivity index (χ3v) is 8.80. The van der Waals surface area contributed by atoms with Gasteiger partial charge in [-0.3, -0.25) is 4.79 Å². The van der Waals surface area contributed by atoms with Crippen molar-refractivity contribution in [2.24, 2.45) is 17.8 Å². The first kappa shape index (κ1) is 18.8. The number of fused-ring (bicyclic) bond motifs is 1. The topological polar surface area (TPSA) is 77.9 Å². The Labute approximate surface area is 170 Å². The first-order chi connectivity index (χ1) is 13.9. The van der Waals surface area contributed by atoms with Crippen LogP contribution in [0.4, 0.5) is 5.69 Å². The van der Waals surface area contributed by atoms with Gasteiger partial charge >= 0.3 is 0 Å². The maximum Gasteiger partial charge on any atom is 0.258 e. The summed E-state index contributed by atoms with van der Waals surface area (Å²) in [6.07, 6.45) is 1.25. The largest absolute Gasteiger partial charge is 0.391 e. The molecule has 29 heavy (non-hydrogen) atoms. The SMILES string of the molecule is CN(C(=O)c1cccc(S(=O)(=O)N2C[C@@H]3C[C@H]4C[C@H]3[C@@H]2[C@@H]4O)c1)c1ccccc1. The maximum absolute atomic E-state index is 13.4. The van der Waals surface area contributed by atoms with Gasteiger partial charge in [0.2, 0.25) is 10.0 Å². The quantitative estimate of drug-likeness (QED) is 0.836. The van der Waals surface area contributed by atoms with Gasteiger partial charge in [0.05, 0.1) is 17.0 Å². The molecule has 2 aromatic carbocycles. The van der Waals surface area contributed by atoms with Gasteiger partial charge in [-0.25, -0.2) is 8.42 Å². The number of aliphatic hydroxyl groups excluding tert-OH is 1. The normalized spacial score (nSPS) is 30.6. The van der Waals surface area contributed by atoms with E-state index >= 15 is 0 Å². The highest BCUT2D eigenvalue weighted by molar-refractivity contribution is 7.89. The molecule has 2 saturated carbocycles. The van der Waals surface area contributed by atoms with Crippen molar-refractivity contribution in [1.29, 1.82) is 0 Å². The fraction of sp³-hybridized carbons (Fsp3) is 0.409. The van der Waals surface area contributed by atoms with Crippen LogP contribution in [-0.2, 0) is 10.0 Å². The van der Waals surface area contributed by atoms with E-state index in [-0.39, 0.29) is 28.7 Å². The minimum Gasteiger partial charge on any atom is -0.391 e. The van der Waals surface area contributed by atoms with Gasteiger partial charge < -0.3 is 10.0 Å².